The summed E-state index contributed by atoms with van der Waals surface area (Å²) in [5, 5.41) is 4.07. The molecule has 0 amide bonds. The zero-order chi connectivity index (χ0) is 12.6. The zero-order valence-electron chi connectivity index (χ0n) is 10.1. The topological polar surface area (TPSA) is 47.1 Å². The largest absolute Gasteiger partial charge is 0.396 e. The Morgan fingerprint density at radius 2 is 2.06 bits per heavy atom. The quantitative estimate of drug-likeness (QED) is 0.863. The smallest absolute Gasteiger partial charge is 0.124 e. The van der Waals surface area contributed by atoms with Crippen LogP contribution >= 0.6 is 0 Å². The first-order chi connectivity index (χ1) is 8.00. The molecular weight excluding hydrogens is 219 g/mol. The fourth-order valence-electron chi connectivity index (χ4n) is 1.87. The number of nitrogen functional groups attached to an aromatic ring is 1. The van der Waals surface area contributed by atoms with Gasteiger partial charge in [-0.15, -0.1) is 0 Å². The molecule has 0 aliphatic rings. The van der Waals surface area contributed by atoms with Crippen LogP contribution in [0.5, 0.6) is 0 Å². The highest BCUT2D eigenvalue weighted by Crippen LogP contribution is 2.33. The van der Waals surface area contributed by atoms with Crippen molar-refractivity contribution >= 4 is 11.4 Å². The van der Waals surface area contributed by atoms with E-state index >= 15 is 0 Å². The number of aryl methyl sites for hydroxylation is 1. The van der Waals surface area contributed by atoms with Crippen molar-refractivity contribution in [2.75, 3.05) is 24.7 Å². The molecule has 1 heterocycles. The number of hydrogen-bond acceptors (Lipinski definition) is 3. The minimum absolute atomic E-state index is 0.286. The fraction of sp³-hybridized carbons (Fsp3) is 0.250. The van der Waals surface area contributed by atoms with Crippen molar-refractivity contribution in [3.63, 3.8) is 0 Å². The monoisotopic (exact) mass is 234 g/mol. The minimum Gasteiger partial charge on any atom is -0.396 e. The van der Waals surface area contributed by atoms with Crippen molar-refractivity contribution < 1.29 is 4.39 Å². The lowest BCUT2D eigenvalue weighted by atomic mass is 10.1. The molecule has 0 radical (unpaired) electrons. The maximum Gasteiger partial charge on any atom is 0.124 e. The summed E-state index contributed by atoms with van der Waals surface area (Å²) in [6.45, 7) is 0. The van der Waals surface area contributed by atoms with E-state index in [9.17, 15) is 4.39 Å². The molecule has 1 aromatic heterocycles. The van der Waals surface area contributed by atoms with E-state index in [0.717, 1.165) is 16.9 Å². The molecule has 2 aromatic rings. The summed E-state index contributed by atoms with van der Waals surface area (Å²) in [5.41, 5.74) is 8.79. The molecule has 0 spiro atoms. The van der Waals surface area contributed by atoms with E-state index in [0.29, 0.717) is 5.69 Å². The van der Waals surface area contributed by atoms with Crippen molar-refractivity contribution in [3.8, 4) is 11.3 Å². The van der Waals surface area contributed by atoms with Gasteiger partial charge in [0.05, 0.1) is 17.6 Å². The Kier molecular flexibility index (Phi) is 2.75. The molecule has 4 nitrogen and oxygen atoms in total. The Labute approximate surface area is 99.5 Å². The second kappa shape index (κ2) is 4.08. The third kappa shape index (κ3) is 1.95. The number of aromatic nitrogens is 2. The summed E-state index contributed by atoms with van der Waals surface area (Å²) in [4.78, 5) is 1.92. The van der Waals surface area contributed by atoms with Gasteiger partial charge in [0.15, 0.2) is 0 Å². The lowest BCUT2D eigenvalue weighted by molar-refractivity contribution is 0.628. The third-order valence-corrected chi connectivity index (χ3v) is 2.66. The Morgan fingerprint density at radius 1 is 1.35 bits per heavy atom. The second-order valence-electron chi connectivity index (χ2n) is 4.13. The van der Waals surface area contributed by atoms with Gasteiger partial charge in [0, 0.05) is 32.4 Å². The molecule has 90 valence electrons. The Bertz CT molecular complexity index is 526. The van der Waals surface area contributed by atoms with Gasteiger partial charge in [0.1, 0.15) is 5.82 Å². The predicted molar refractivity (Wildman–Crippen MR) is 67.3 cm³/mol. The molecule has 0 saturated carbocycles. The van der Waals surface area contributed by atoms with Gasteiger partial charge in [-0.25, -0.2) is 4.39 Å². The standard InChI is InChI=1S/C12H15FN4/c1-16(2)11-5-4-8(13)6-9(11)12-10(14)7-15-17(12)3/h4-7H,14H2,1-3H3. The summed E-state index contributed by atoms with van der Waals surface area (Å²) in [7, 11) is 5.60. The normalized spacial score (nSPS) is 10.6. The summed E-state index contributed by atoms with van der Waals surface area (Å²) in [5.74, 6) is -0.286. The highest BCUT2D eigenvalue weighted by molar-refractivity contribution is 5.83. The molecule has 2 rings (SSSR count). The minimum atomic E-state index is -0.286. The maximum atomic E-state index is 13.4. The van der Waals surface area contributed by atoms with Gasteiger partial charge < -0.3 is 10.6 Å². The molecule has 0 saturated heterocycles. The van der Waals surface area contributed by atoms with E-state index in [1.807, 2.05) is 19.0 Å². The fourth-order valence-corrected chi connectivity index (χ4v) is 1.87. The first-order valence-corrected chi connectivity index (χ1v) is 5.25. The Morgan fingerprint density at radius 3 is 2.59 bits per heavy atom. The number of benzene rings is 1. The molecule has 1 aromatic carbocycles. The molecule has 0 unspecified atom stereocenters. The van der Waals surface area contributed by atoms with Crippen LogP contribution in [0.25, 0.3) is 11.3 Å². The van der Waals surface area contributed by atoms with Gasteiger partial charge >= 0.3 is 0 Å². The van der Waals surface area contributed by atoms with E-state index in [1.165, 1.54) is 12.1 Å². The highest BCUT2D eigenvalue weighted by atomic mass is 19.1. The number of hydrogen-bond donors (Lipinski definition) is 1. The maximum absolute atomic E-state index is 13.4. The van der Waals surface area contributed by atoms with Crippen molar-refractivity contribution in [1.82, 2.24) is 9.78 Å². The average Bonchev–Trinajstić information content (AvgIpc) is 2.58. The number of anilines is 2. The molecule has 0 atom stereocenters. The molecule has 2 N–H and O–H groups in total. The van der Waals surface area contributed by atoms with Crippen LogP contribution in [0, 0.1) is 5.82 Å². The van der Waals surface area contributed by atoms with Crippen molar-refractivity contribution in [1.29, 1.82) is 0 Å². The Balaban J connectivity index is 2.69. The zero-order valence-corrected chi connectivity index (χ0v) is 10.1. The van der Waals surface area contributed by atoms with Crippen LogP contribution < -0.4 is 10.6 Å². The summed E-state index contributed by atoms with van der Waals surface area (Å²) >= 11 is 0. The summed E-state index contributed by atoms with van der Waals surface area (Å²) < 4.78 is 15.0. The van der Waals surface area contributed by atoms with Crippen LogP contribution in [0.2, 0.25) is 0 Å². The van der Waals surface area contributed by atoms with Gasteiger partial charge in [-0.2, -0.15) is 5.10 Å². The SMILES string of the molecule is CN(C)c1ccc(F)cc1-c1c(N)cnn1C. The average molecular weight is 234 g/mol. The summed E-state index contributed by atoms with van der Waals surface area (Å²) in [6, 6.07) is 4.64. The van der Waals surface area contributed by atoms with Crippen LogP contribution in [0.15, 0.2) is 24.4 Å². The van der Waals surface area contributed by atoms with Gasteiger partial charge in [0.2, 0.25) is 0 Å². The van der Waals surface area contributed by atoms with Gasteiger partial charge in [-0.1, -0.05) is 0 Å². The van der Waals surface area contributed by atoms with E-state index in [1.54, 1.807) is 24.0 Å². The number of halogens is 1. The van der Waals surface area contributed by atoms with Crippen LogP contribution in [0.1, 0.15) is 0 Å². The third-order valence-electron chi connectivity index (χ3n) is 2.66. The van der Waals surface area contributed by atoms with E-state index in [-0.39, 0.29) is 5.82 Å². The van der Waals surface area contributed by atoms with Crippen molar-refractivity contribution in [2.45, 2.75) is 0 Å². The van der Waals surface area contributed by atoms with Crippen molar-refractivity contribution in [2.24, 2.45) is 7.05 Å². The van der Waals surface area contributed by atoms with Crippen LogP contribution in [0.3, 0.4) is 0 Å². The van der Waals surface area contributed by atoms with Crippen LogP contribution in [0.4, 0.5) is 15.8 Å². The molecule has 0 aliphatic heterocycles. The number of rotatable bonds is 2. The molecule has 0 fully saturated rings. The van der Waals surface area contributed by atoms with Gasteiger partial charge in [0.25, 0.3) is 0 Å². The summed E-state index contributed by atoms with van der Waals surface area (Å²) in [6.07, 6.45) is 1.57. The molecule has 0 bridgehead atoms. The van der Waals surface area contributed by atoms with Crippen molar-refractivity contribution in [3.05, 3.63) is 30.2 Å². The molecule has 0 aliphatic carbocycles. The lowest BCUT2D eigenvalue weighted by Crippen LogP contribution is -2.11. The van der Waals surface area contributed by atoms with E-state index < -0.39 is 0 Å². The van der Waals surface area contributed by atoms with Crippen LogP contribution in [-0.2, 0) is 7.05 Å². The molecule has 17 heavy (non-hydrogen) atoms. The first-order valence-electron chi connectivity index (χ1n) is 5.25. The Hall–Kier alpha value is -2.04. The number of nitrogens with two attached hydrogens (primary N) is 1. The number of nitrogens with zero attached hydrogens (tertiary/aromatic N) is 3. The molecular formula is C12H15FN4. The van der Waals surface area contributed by atoms with Gasteiger partial charge in [-0.05, 0) is 18.2 Å². The van der Waals surface area contributed by atoms with E-state index in [2.05, 4.69) is 5.10 Å². The van der Waals surface area contributed by atoms with Crippen LogP contribution in [-0.4, -0.2) is 23.9 Å². The molecule has 5 heteroatoms. The van der Waals surface area contributed by atoms with Gasteiger partial charge in [-0.3, -0.25) is 4.68 Å². The first kappa shape index (κ1) is 11.4. The highest BCUT2D eigenvalue weighted by Gasteiger charge is 2.14. The second-order valence-corrected chi connectivity index (χ2v) is 4.13. The lowest BCUT2D eigenvalue weighted by Gasteiger charge is -2.18. The van der Waals surface area contributed by atoms with E-state index in [4.69, 9.17) is 5.73 Å². The predicted octanol–water partition coefficient (Wildman–Crippen LogP) is 1.87.